The Morgan fingerprint density at radius 3 is 2.82 bits per heavy atom. The molecule has 5 nitrogen and oxygen atoms in total. The molecule has 2 aromatic rings. The number of hydrogen-bond donors (Lipinski definition) is 1. The lowest BCUT2D eigenvalue weighted by molar-refractivity contribution is 0.859. The van der Waals surface area contributed by atoms with Crippen molar-refractivity contribution in [2.45, 2.75) is 6.54 Å². The zero-order valence-corrected chi connectivity index (χ0v) is 12.1. The van der Waals surface area contributed by atoms with Crippen LogP contribution in [0.4, 0.5) is 11.9 Å². The second kappa shape index (κ2) is 5.16. The minimum atomic E-state index is 0.103. The first-order chi connectivity index (χ1) is 8.04. The highest BCUT2D eigenvalue weighted by Crippen LogP contribution is 2.22. The van der Waals surface area contributed by atoms with Crippen molar-refractivity contribution < 1.29 is 0 Å². The van der Waals surface area contributed by atoms with Crippen LogP contribution in [0.5, 0.6) is 0 Å². The van der Waals surface area contributed by atoms with Gasteiger partial charge < -0.3 is 10.6 Å². The molecular weight excluding hydrogens is 326 g/mol. The standard InChI is InChI=1S/C9H9BrClN5S/c1-16(3-5-2-6(10)17-4-5)9-14-7(11)13-8(12)15-9/h2,4H,3H2,1H3,(H2,12,13,14,15). The van der Waals surface area contributed by atoms with Gasteiger partial charge in [-0.05, 0) is 44.5 Å². The molecule has 0 bridgehead atoms. The van der Waals surface area contributed by atoms with Crippen LogP contribution in [-0.2, 0) is 6.54 Å². The molecule has 2 heterocycles. The molecule has 0 aliphatic heterocycles. The molecule has 2 rings (SSSR count). The average molecular weight is 335 g/mol. The molecule has 0 aromatic carbocycles. The van der Waals surface area contributed by atoms with E-state index in [1.807, 2.05) is 18.0 Å². The second-order valence-electron chi connectivity index (χ2n) is 3.38. The third kappa shape index (κ3) is 3.27. The molecule has 0 unspecified atom stereocenters. The summed E-state index contributed by atoms with van der Waals surface area (Å²) in [5.41, 5.74) is 6.68. The van der Waals surface area contributed by atoms with Crippen LogP contribution in [0.15, 0.2) is 15.2 Å². The van der Waals surface area contributed by atoms with Crippen molar-refractivity contribution in [2.24, 2.45) is 0 Å². The van der Waals surface area contributed by atoms with Crippen LogP contribution in [-0.4, -0.2) is 22.0 Å². The van der Waals surface area contributed by atoms with Crippen LogP contribution in [0.1, 0.15) is 5.56 Å². The summed E-state index contributed by atoms with van der Waals surface area (Å²) < 4.78 is 1.09. The molecule has 2 N–H and O–H groups in total. The number of halogens is 2. The highest BCUT2D eigenvalue weighted by atomic mass is 79.9. The van der Waals surface area contributed by atoms with Gasteiger partial charge in [0.25, 0.3) is 0 Å². The molecular formula is C9H9BrClN5S. The minimum absolute atomic E-state index is 0.103. The van der Waals surface area contributed by atoms with E-state index in [4.69, 9.17) is 17.3 Å². The summed E-state index contributed by atoms with van der Waals surface area (Å²) in [6, 6.07) is 2.05. The lowest BCUT2D eigenvalue weighted by atomic mass is 10.3. The maximum atomic E-state index is 5.73. The molecule has 90 valence electrons. The van der Waals surface area contributed by atoms with Crippen LogP contribution in [0.2, 0.25) is 5.28 Å². The number of rotatable bonds is 3. The van der Waals surface area contributed by atoms with E-state index < -0.39 is 0 Å². The van der Waals surface area contributed by atoms with E-state index in [1.165, 1.54) is 5.56 Å². The van der Waals surface area contributed by atoms with Gasteiger partial charge in [0.05, 0.1) is 3.79 Å². The Morgan fingerprint density at radius 2 is 2.24 bits per heavy atom. The maximum Gasteiger partial charge on any atom is 0.231 e. The van der Waals surface area contributed by atoms with E-state index in [9.17, 15) is 0 Å². The number of nitrogens with zero attached hydrogens (tertiary/aromatic N) is 4. The normalized spacial score (nSPS) is 10.5. The lowest BCUT2D eigenvalue weighted by Gasteiger charge is -2.16. The fourth-order valence-corrected chi connectivity index (χ4v) is 2.66. The molecule has 0 atom stereocenters. The average Bonchev–Trinajstić information content (AvgIpc) is 2.62. The van der Waals surface area contributed by atoms with Gasteiger partial charge in [0.1, 0.15) is 0 Å². The van der Waals surface area contributed by atoms with Crippen molar-refractivity contribution in [3.05, 3.63) is 26.1 Å². The summed E-state index contributed by atoms with van der Waals surface area (Å²) >= 11 is 10.8. The van der Waals surface area contributed by atoms with Gasteiger partial charge in [-0.25, -0.2) is 0 Å². The van der Waals surface area contributed by atoms with Crippen molar-refractivity contribution >= 4 is 50.8 Å². The van der Waals surface area contributed by atoms with Gasteiger partial charge in [0, 0.05) is 13.6 Å². The van der Waals surface area contributed by atoms with Gasteiger partial charge >= 0.3 is 0 Å². The number of nitrogens with two attached hydrogens (primary N) is 1. The third-order valence-corrected chi connectivity index (χ3v) is 3.72. The summed E-state index contributed by atoms with van der Waals surface area (Å²) in [6.45, 7) is 0.682. The van der Waals surface area contributed by atoms with E-state index in [2.05, 4.69) is 36.3 Å². The Hall–Kier alpha value is -0.920. The Balaban J connectivity index is 2.16. The van der Waals surface area contributed by atoms with E-state index in [1.54, 1.807) is 11.3 Å². The molecule has 17 heavy (non-hydrogen) atoms. The second-order valence-corrected chi connectivity index (χ2v) is 6.01. The van der Waals surface area contributed by atoms with Gasteiger partial charge in [-0.15, -0.1) is 11.3 Å². The lowest BCUT2D eigenvalue weighted by Crippen LogP contribution is -2.19. The quantitative estimate of drug-likeness (QED) is 0.934. The van der Waals surface area contributed by atoms with E-state index in [0.717, 1.165) is 3.79 Å². The summed E-state index contributed by atoms with van der Waals surface area (Å²) in [4.78, 5) is 13.6. The first-order valence-corrected chi connectivity index (χ1v) is 6.71. The molecule has 0 spiro atoms. The van der Waals surface area contributed by atoms with E-state index in [0.29, 0.717) is 12.5 Å². The Morgan fingerprint density at radius 1 is 1.47 bits per heavy atom. The monoisotopic (exact) mass is 333 g/mol. The molecule has 0 saturated carbocycles. The molecule has 0 amide bonds. The van der Waals surface area contributed by atoms with Crippen molar-refractivity contribution in [3.63, 3.8) is 0 Å². The molecule has 8 heteroatoms. The predicted molar refractivity (Wildman–Crippen MR) is 73.4 cm³/mol. The van der Waals surface area contributed by atoms with Crippen LogP contribution in [0.3, 0.4) is 0 Å². The number of anilines is 2. The molecule has 0 fully saturated rings. The molecule has 0 saturated heterocycles. The Bertz CT molecular complexity index is 512. The summed E-state index contributed by atoms with van der Waals surface area (Å²) in [5.74, 6) is 0.586. The molecule has 0 aliphatic carbocycles. The van der Waals surface area contributed by atoms with Crippen molar-refractivity contribution in [1.29, 1.82) is 0 Å². The highest BCUT2D eigenvalue weighted by molar-refractivity contribution is 9.11. The predicted octanol–water partition coefficient (Wildman–Crippen LogP) is 2.57. The van der Waals surface area contributed by atoms with E-state index >= 15 is 0 Å². The zero-order valence-electron chi connectivity index (χ0n) is 8.89. The summed E-state index contributed by atoms with van der Waals surface area (Å²) in [6.07, 6.45) is 0. The van der Waals surface area contributed by atoms with Gasteiger partial charge in [-0.2, -0.15) is 15.0 Å². The van der Waals surface area contributed by atoms with Crippen molar-refractivity contribution in [2.75, 3.05) is 17.7 Å². The third-order valence-electron chi connectivity index (χ3n) is 2.00. The fraction of sp³-hybridized carbons (Fsp3) is 0.222. The SMILES string of the molecule is CN(Cc1csc(Br)c1)c1nc(N)nc(Cl)n1. The largest absolute Gasteiger partial charge is 0.368 e. The zero-order chi connectivity index (χ0) is 12.4. The van der Waals surface area contributed by atoms with Gasteiger partial charge in [0.2, 0.25) is 17.2 Å². The van der Waals surface area contributed by atoms with Crippen LogP contribution in [0.25, 0.3) is 0 Å². The number of thiophene rings is 1. The van der Waals surface area contributed by atoms with Crippen molar-refractivity contribution in [1.82, 2.24) is 15.0 Å². The van der Waals surface area contributed by atoms with Crippen LogP contribution in [0, 0.1) is 0 Å². The Labute approximate surface area is 116 Å². The molecule has 2 aromatic heterocycles. The maximum absolute atomic E-state index is 5.73. The topological polar surface area (TPSA) is 67.9 Å². The minimum Gasteiger partial charge on any atom is -0.368 e. The molecule has 0 radical (unpaired) electrons. The number of hydrogen-bond acceptors (Lipinski definition) is 6. The summed E-state index contributed by atoms with van der Waals surface area (Å²) in [7, 11) is 1.87. The smallest absolute Gasteiger partial charge is 0.231 e. The van der Waals surface area contributed by atoms with Crippen LogP contribution < -0.4 is 10.6 Å². The van der Waals surface area contributed by atoms with Crippen molar-refractivity contribution in [3.8, 4) is 0 Å². The first kappa shape index (κ1) is 12.5. The number of aromatic nitrogens is 3. The molecule has 0 aliphatic rings. The van der Waals surface area contributed by atoms with Gasteiger partial charge in [0.15, 0.2) is 0 Å². The van der Waals surface area contributed by atoms with E-state index in [-0.39, 0.29) is 11.2 Å². The van der Waals surface area contributed by atoms with Gasteiger partial charge in [-0.1, -0.05) is 0 Å². The Kier molecular flexibility index (Phi) is 3.80. The van der Waals surface area contributed by atoms with Crippen LogP contribution >= 0.6 is 38.9 Å². The highest BCUT2D eigenvalue weighted by Gasteiger charge is 2.09. The fourth-order valence-electron chi connectivity index (χ4n) is 1.30. The van der Waals surface area contributed by atoms with Gasteiger partial charge in [-0.3, -0.25) is 0 Å². The number of nitrogen functional groups attached to an aromatic ring is 1. The summed E-state index contributed by atoms with van der Waals surface area (Å²) in [5, 5.41) is 2.16. The first-order valence-electron chi connectivity index (χ1n) is 4.65.